The van der Waals surface area contributed by atoms with Crippen LogP contribution in [0.4, 0.5) is 4.79 Å². The number of carbonyl (C=O) groups excluding carboxylic acids is 1. The van der Waals surface area contributed by atoms with E-state index in [1.54, 1.807) is 16.9 Å². The van der Waals surface area contributed by atoms with Crippen molar-refractivity contribution in [2.45, 2.75) is 13.0 Å². The molecular formula is C18H18N4O2. The topological polar surface area (TPSA) is 68.5 Å². The van der Waals surface area contributed by atoms with Crippen molar-refractivity contribution in [3.63, 3.8) is 0 Å². The van der Waals surface area contributed by atoms with E-state index in [0.29, 0.717) is 13.0 Å². The van der Waals surface area contributed by atoms with E-state index < -0.39 is 6.09 Å². The third kappa shape index (κ3) is 4.19. The van der Waals surface area contributed by atoms with E-state index in [-0.39, 0.29) is 6.61 Å². The van der Waals surface area contributed by atoms with Crippen LogP contribution < -0.4 is 5.32 Å². The Bertz CT molecular complexity index is 827. The molecule has 0 aliphatic rings. The molecule has 0 radical (unpaired) electrons. The van der Waals surface area contributed by atoms with Crippen molar-refractivity contribution in [1.82, 2.24) is 19.9 Å². The van der Waals surface area contributed by atoms with Crippen LogP contribution in [-0.4, -0.2) is 27.2 Å². The van der Waals surface area contributed by atoms with Gasteiger partial charge in [-0.2, -0.15) is 5.10 Å². The lowest BCUT2D eigenvalue weighted by Crippen LogP contribution is -2.24. The van der Waals surface area contributed by atoms with Crippen molar-refractivity contribution in [2.75, 3.05) is 6.54 Å². The van der Waals surface area contributed by atoms with Crippen molar-refractivity contribution >= 4 is 17.8 Å². The van der Waals surface area contributed by atoms with Gasteiger partial charge < -0.3 is 10.1 Å². The van der Waals surface area contributed by atoms with Crippen LogP contribution in [0.3, 0.4) is 0 Å². The fourth-order valence-electron chi connectivity index (χ4n) is 2.21. The van der Waals surface area contributed by atoms with Crippen LogP contribution in [0.5, 0.6) is 0 Å². The summed E-state index contributed by atoms with van der Waals surface area (Å²) in [5, 5.41) is 6.93. The molecule has 6 nitrogen and oxygen atoms in total. The van der Waals surface area contributed by atoms with Gasteiger partial charge in [0.15, 0.2) is 5.65 Å². The van der Waals surface area contributed by atoms with Gasteiger partial charge in [-0.25, -0.2) is 14.3 Å². The Morgan fingerprint density at radius 3 is 3.00 bits per heavy atom. The second-order valence-electron chi connectivity index (χ2n) is 5.17. The molecule has 2 heterocycles. The van der Waals surface area contributed by atoms with Crippen molar-refractivity contribution < 1.29 is 9.53 Å². The minimum atomic E-state index is -0.412. The summed E-state index contributed by atoms with van der Waals surface area (Å²) in [5.41, 5.74) is 2.72. The number of carbonyl (C=O) groups is 1. The Hall–Kier alpha value is -3.15. The Kier molecular flexibility index (Phi) is 5.19. The van der Waals surface area contributed by atoms with E-state index in [4.69, 9.17) is 4.74 Å². The third-order valence-corrected chi connectivity index (χ3v) is 3.40. The van der Waals surface area contributed by atoms with Gasteiger partial charge >= 0.3 is 6.09 Å². The first kappa shape index (κ1) is 15.7. The van der Waals surface area contributed by atoms with Crippen LogP contribution in [0.2, 0.25) is 0 Å². The highest BCUT2D eigenvalue weighted by Crippen LogP contribution is 2.09. The minimum absolute atomic E-state index is 0.274. The molecule has 3 aromatic rings. The first-order chi connectivity index (χ1) is 11.8. The molecule has 0 saturated heterocycles. The largest absolute Gasteiger partial charge is 0.445 e. The lowest BCUT2D eigenvalue weighted by Gasteiger charge is -2.05. The first-order valence-electron chi connectivity index (χ1n) is 7.72. The van der Waals surface area contributed by atoms with Gasteiger partial charge in [-0.1, -0.05) is 42.5 Å². The summed E-state index contributed by atoms with van der Waals surface area (Å²) in [6, 6.07) is 11.4. The molecule has 0 atom stereocenters. The van der Waals surface area contributed by atoms with Crippen LogP contribution in [0.25, 0.3) is 11.7 Å². The number of nitrogens with zero attached hydrogens (tertiary/aromatic N) is 3. The van der Waals surface area contributed by atoms with Gasteiger partial charge in [-0.3, -0.25) is 0 Å². The summed E-state index contributed by atoms with van der Waals surface area (Å²) in [6.07, 6.45) is 9.56. The highest BCUT2D eigenvalue weighted by atomic mass is 16.5. The molecular weight excluding hydrogens is 304 g/mol. The normalized spacial score (nSPS) is 11.0. The van der Waals surface area contributed by atoms with Crippen molar-refractivity contribution in [3.8, 4) is 0 Å². The van der Waals surface area contributed by atoms with Crippen molar-refractivity contribution in [2.24, 2.45) is 0 Å². The number of aromatic nitrogens is 3. The molecule has 122 valence electrons. The Morgan fingerprint density at radius 2 is 2.12 bits per heavy atom. The summed E-state index contributed by atoms with van der Waals surface area (Å²) < 4.78 is 6.86. The Balaban J connectivity index is 1.39. The minimum Gasteiger partial charge on any atom is -0.445 e. The van der Waals surface area contributed by atoms with E-state index >= 15 is 0 Å². The molecule has 0 unspecified atom stereocenters. The predicted octanol–water partition coefficient (Wildman–Crippen LogP) is 3.06. The quantitative estimate of drug-likeness (QED) is 0.708. The van der Waals surface area contributed by atoms with Crippen LogP contribution in [-0.2, 0) is 11.3 Å². The molecule has 1 amide bonds. The van der Waals surface area contributed by atoms with Crippen molar-refractivity contribution in [3.05, 3.63) is 72.2 Å². The monoisotopic (exact) mass is 322 g/mol. The molecule has 0 fully saturated rings. The van der Waals surface area contributed by atoms with Gasteiger partial charge in [-0.15, -0.1) is 0 Å². The van der Waals surface area contributed by atoms with Crippen LogP contribution in [0.1, 0.15) is 17.5 Å². The molecule has 1 aromatic carbocycles. The Labute approximate surface area is 139 Å². The average Bonchev–Trinajstić information content (AvgIpc) is 3.04. The number of benzene rings is 1. The van der Waals surface area contributed by atoms with Gasteiger partial charge in [0.1, 0.15) is 6.61 Å². The van der Waals surface area contributed by atoms with E-state index in [2.05, 4.69) is 15.4 Å². The summed E-state index contributed by atoms with van der Waals surface area (Å²) in [4.78, 5) is 15.9. The fraction of sp³-hybridized carbons (Fsp3) is 0.167. The molecule has 1 N–H and O–H groups in total. The van der Waals surface area contributed by atoms with Crippen molar-refractivity contribution in [1.29, 1.82) is 0 Å². The van der Waals surface area contributed by atoms with Crippen LogP contribution >= 0.6 is 0 Å². The van der Waals surface area contributed by atoms with Gasteiger partial charge in [0.2, 0.25) is 0 Å². The maximum Gasteiger partial charge on any atom is 0.407 e. The number of hydrogen-bond donors (Lipinski definition) is 1. The Morgan fingerprint density at radius 1 is 1.25 bits per heavy atom. The standard InChI is InChI=1S/C18H18N4O2/c23-18(24-14-15-7-2-1-3-8-15)20-10-5-4-9-16-13-21-22-12-6-11-19-17(16)22/h1-4,6-9,11-13H,5,10,14H2,(H,20,23). The first-order valence-corrected chi connectivity index (χ1v) is 7.72. The van der Waals surface area contributed by atoms with Gasteiger partial charge in [0.25, 0.3) is 0 Å². The number of rotatable bonds is 6. The molecule has 0 bridgehead atoms. The zero-order chi connectivity index (χ0) is 16.6. The molecule has 2 aromatic heterocycles. The average molecular weight is 322 g/mol. The highest BCUT2D eigenvalue weighted by Gasteiger charge is 2.02. The number of alkyl carbamates (subject to hydrolysis) is 1. The molecule has 6 heteroatoms. The summed E-state index contributed by atoms with van der Waals surface area (Å²) in [7, 11) is 0. The number of ether oxygens (including phenoxy) is 1. The number of fused-ring (bicyclic) bond motifs is 1. The molecule has 0 saturated carbocycles. The van der Waals surface area contributed by atoms with Gasteiger partial charge in [0.05, 0.1) is 6.20 Å². The number of amides is 1. The number of hydrogen-bond acceptors (Lipinski definition) is 4. The predicted molar refractivity (Wildman–Crippen MR) is 91.3 cm³/mol. The second-order valence-corrected chi connectivity index (χ2v) is 5.17. The number of nitrogens with one attached hydrogen (secondary N) is 1. The smallest absolute Gasteiger partial charge is 0.407 e. The molecule has 0 aliphatic heterocycles. The highest BCUT2D eigenvalue weighted by molar-refractivity contribution is 5.67. The molecule has 0 aliphatic carbocycles. The van der Waals surface area contributed by atoms with E-state index in [1.165, 1.54) is 0 Å². The maximum absolute atomic E-state index is 11.6. The zero-order valence-electron chi connectivity index (χ0n) is 13.1. The zero-order valence-corrected chi connectivity index (χ0v) is 13.1. The van der Waals surface area contributed by atoms with Gasteiger partial charge in [-0.05, 0) is 18.1 Å². The lowest BCUT2D eigenvalue weighted by molar-refractivity contribution is 0.140. The summed E-state index contributed by atoms with van der Waals surface area (Å²) in [5.74, 6) is 0. The molecule has 3 rings (SSSR count). The molecule has 0 spiro atoms. The third-order valence-electron chi connectivity index (χ3n) is 3.40. The van der Waals surface area contributed by atoms with E-state index in [1.807, 2.05) is 54.7 Å². The summed E-state index contributed by atoms with van der Waals surface area (Å²) in [6.45, 7) is 0.785. The maximum atomic E-state index is 11.6. The summed E-state index contributed by atoms with van der Waals surface area (Å²) >= 11 is 0. The van der Waals surface area contributed by atoms with E-state index in [0.717, 1.165) is 16.8 Å². The molecule has 24 heavy (non-hydrogen) atoms. The second kappa shape index (κ2) is 7.92. The SMILES string of the molecule is O=C(NCCC=Cc1cnn2cccnc12)OCc1ccccc1. The van der Waals surface area contributed by atoms with Crippen LogP contribution in [0.15, 0.2) is 61.1 Å². The van der Waals surface area contributed by atoms with Crippen LogP contribution in [0, 0.1) is 0 Å². The van der Waals surface area contributed by atoms with Gasteiger partial charge in [0, 0.05) is 24.5 Å². The lowest BCUT2D eigenvalue weighted by atomic mass is 10.2. The fourth-order valence-corrected chi connectivity index (χ4v) is 2.21. The van der Waals surface area contributed by atoms with E-state index in [9.17, 15) is 4.79 Å².